The molecule has 1 saturated carbocycles. The number of rotatable bonds is 7. The van der Waals surface area contributed by atoms with Gasteiger partial charge in [0.25, 0.3) is 0 Å². The summed E-state index contributed by atoms with van der Waals surface area (Å²) in [7, 11) is -1.45. The van der Waals surface area contributed by atoms with E-state index in [1.807, 2.05) is 13.1 Å². The van der Waals surface area contributed by atoms with E-state index in [4.69, 9.17) is 0 Å². The quantitative estimate of drug-likeness (QED) is 0.773. The molecule has 1 aromatic heterocycles. The molecule has 1 aliphatic carbocycles. The van der Waals surface area contributed by atoms with E-state index in [1.165, 1.54) is 24.6 Å². The molecule has 1 saturated heterocycles. The largest absolute Gasteiger partial charge is 0.370 e. The Morgan fingerprint density at radius 2 is 1.75 bits per heavy atom. The first-order valence-corrected chi connectivity index (χ1v) is 11.3. The van der Waals surface area contributed by atoms with Crippen molar-refractivity contribution in [2.24, 2.45) is 5.41 Å². The van der Waals surface area contributed by atoms with Gasteiger partial charge in [-0.25, -0.2) is 13.4 Å². The van der Waals surface area contributed by atoms with E-state index < -0.39 is 10.0 Å². The van der Waals surface area contributed by atoms with Gasteiger partial charge in [-0.3, -0.25) is 0 Å². The number of sulfonamides is 1. The van der Waals surface area contributed by atoms with E-state index in [2.05, 4.69) is 39.5 Å². The summed E-state index contributed by atoms with van der Waals surface area (Å²) in [6.07, 6.45) is 4.97. The smallest absolute Gasteiger partial charge is 0.244 e. The predicted octanol–water partition coefficient (Wildman–Crippen LogP) is 2.45. The molecule has 0 bridgehead atoms. The molecule has 2 aromatic rings. The van der Waals surface area contributed by atoms with Gasteiger partial charge in [-0.2, -0.15) is 4.31 Å². The van der Waals surface area contributed by atoms with Crippen molar-refractivity contribution in [3.8, 4) is 0 Å². The normalized spacial score (nSPS) is 20.0. The number of anilines is 1. The second-order valence-electron chi connectivity index (χ2n) is 8.10. The number of piperazine rings is 1. The minimum absolute atomic E-state index is 0.271. The van der Waals surface area contributed by atoms with Gasteiger partial charge in [0, 0.05) is 38.9 Å². The molecule has 0 amide bonds. The molecular formula is C21H28N4O2S. The van der Waals surface area contributed by atoms with Crippen molar-refractivity contribution in [2.75, 3.05) is 45.1 Å². The summed E-state index contributed by atoms with van der Waals surface area (Å²) in [5, 5.41) is 3.41. The molecule has 0 spiro atoms. The van der Waals surface area contributed by atoms with E-state index in [-0.39, 0.29) is 4.90 Å². The fourth-order valence-corrected chi connectivity index (χ4v) is 5.08. The standard InChI is InChI=1S/C21H28N4O2S/c1-24-11-13-25(14-12-24)28(26,27)19-7-8-20(22-16-19)23-17-21(9-10-21)15-18-5-3-2-4-6-18/h2-8,16H,9-15,17H2,1H3,(H,22,23). The molecule has 6 nitrogen and oxygen atoms in total. The Morgan fingerprint density at radius 3 is 2.36 bits per heavy atom. The first-order valence-electron chi connectivity index (χ1n) is 9.90. The molecular weight excluding hydrogens is 372 g/mol. The maximum absolute atomic E-state index is 12.8. The highest BCUT2D eigenvalue weighted by atomic mass is 32.2. The molecule has 2 fully saturated rings. The van der Waals surface area contributed by atoms with Crippen LogP contribution in [0.4, 0.5) is 5.82 Å². The summed E-state index contributed by atoms with van der Waals surface area (Å²) in [6, 6.07) is 14.0. The van der Waals surface area contributed by atoms with Gasteiger partial charge in [-0.15, -0.1) is 0 Å². The van der Waals surface area contributed by atoms with E-state index in [1.54, 1.807) is 16.4 Å². The molecule has 0 unspecified atom stereocenters. The van der Waals surface area contributed by atoms with Crippen LogP contribution in [0, 0.1) is 5.41 Å². The van der Waals surface area contributed by atoms with Crippen molar-refractivity contribution in [2.45, 2.75) is 24.2 Å². The molecule has 1 aromatic carbocycles. The Morgan fingerprint density at radius 1 is 1.04 bits per heavy atom. The van der Waals surface area contributed by atoms with Gasteiger partial charge in [0.2, 0.25) is 10.0 Å². The van der Waals surface area contributed by atoms with E-state index in [0.29, 0.717) is 18.5 Å². The Balaban J connectivity index is 1.36. The zero-order valence-corrected chi connectivity index (χ0v) is 17.2. The van der Waals surface area contributed by atoms with Crippen molar-refractivity contribution in [3.05, 3.63) is 54.2 Å². The highest BCUT2D eigenvalue weighted by molar-refractivity contribution is 7.89. The Hall–Kier alpha value is -1.96. The predicted molar refractivity (Wildman–Crippen MR) is 111 cm³/mol. The first-order chi connectivity index (χ1) is 13.5. The summed E-state index contributed by atoms with van der Waals surface area (Å²) < 4.78 is 27.1. The van der Waals surface area contributed by atoms with E-state index in [9.17, 15) is 8.42 Å². The zero-order valence-electron chi connectivity index (χ0n) is 16.3. The number of benzene rings is 1. The number of pyridine rings is 1. The van der Waals surface area contributed by atoms with Crippen LogP contribution in [0.3, 0.4) is 0 Å². The molecule has 1 aliphatic heterocycles. The van der Waals surface area contributed by atoms with Crippen molar-refractivity contribution in [1.29, 1.82) is 0 Å². The Kier molecular flexibility index (Phi) is 5.40. The molecule has 7 heteroatoms. The van der Waals surface area contributed by atoms with Crippen LogP contribution in [0.2, 0.25) is 0 Å². The number of aromatic nitrogens is 1. The average Bonchev–Trinajstić information content (AvgIpc) is 3.47. The third-order valence-corrected chi connectivity index (χ3v) is 7.74. The fraction of sp³-hybridized carbons (Fsp3) is 0.476. The molecule has 2 heterocycles. The number of nitrogens with one attached hydrogen (secondary N) is 1. The molecule has 1 N–H and O–H groups in total. The second kappa shape index (κ2) is 7.81. The van der Waals surface area contributed by atoms with Crippen LogP contribution in [-0.2, 0) is 16.4 Å². The maximum Gasteiger partial charge on any atom is 0.244 e. The topological polar surface area (TPSA) is 65.5 Å². The van der Waals surface area contributed by atoms with Crippen LogP contribution in [0.5, 0.6) is 0 Å². The third kappa shape index (κ3) is 4.37. The lowest BCUT2D eigenvalue weighted by molar-refractivity contribution is 0.222. The van der Waals surface area contributed by atoms with Gasteiger partial charge in [-0.1, -0.05) is 30.3 Å². The van der Waals surface area contributed by atoms with Crippen molar-refractivity contribution < 1.29 is 8.42 Å². The zero-order chi connectivity index (χ0) is 19.6. The molecule has 28 heavy (non-hydrogen) atoms. The Labute approximate surface area is 167 Å². The van der Waals surface area contributed by atoms with Crippen LogP contribution < -0.4 is 5.32 Å². The minimum Gasteiger partial charge on any atom is -0.370 e. The summed E-state index contributed by atoms with van der Waals surface area (Å²) in [5.41, 5.74) is 1.66. The number of likely N-dealkylation sites (N-methyl/N-ethyl adjacent to an activating group) is 1. The maximum atomic E-state index is 12.8. The van der Waals surface area contributed by atoms with Gasteiger partial charge in [-0.05, 0) is 49.4 Å². The van der Waals surface area contributed by atoms with Gasteiger partial charge in [0.15, 0.2) is 0 Å². The molecule has 150 valence electrons. The van der Waals surface area contributed by atoms with Crippen LogP contribution in [0.25, 0.3) is 0 Å². The summed E-state index contributed by atoms with van der Waals surface area (Å²) >= 11 is 0. The van der Waals surface area contributed by atoms with E-state index >= 15 is 0 Å². The number of hydrogen-bond donors (Lipinski definition) is 1. The monoisotopic (exact) mass is 400 g/mol. The lowest BCUT2D eigenvalue weighted by Gasteiger charge is -2.31. The highest BCUT2D eigenvalue weighted by Gasteiger charge is 2.42. The van der Waals surface area contributed by atoms with Crippen LogP contribution in [0.15, 0.2) is 53.6 Å². The van der Waals surface area contributed by atoms with Crippen molar-refractivity contribution >= 4 is 15.8 Å². The van der Waals surface area contributed by atoms with Crippen LogP contribution in [-0.4, -0.2) is 62.4 Å². The number of hydrogen-bond acceptors (Lipinski definition) is 5. The Bertz CT molecular complexity index is 888. The van der Waals surface area contributed by atoms with Gasteiger partial charge >= 0.3 is 0 Å². The lowest BCUT2D eigenvalue weighted by atomic mass is 9.96. The van der Waals surface area contributed by atoms with Crippen LogP contribution >= 0.6 is 0 Å². The summed E-state index contributed by atoms with van der Waals surface area (Å²) in [5.74, 6) is 0.733. The van der Waals surface area contributed by atoms with E-state index in [0.717, 1.165) is 31.9 Å². The second-order valence-corrected chi connectivity index (χ2v) is 10.0. The SMILES string of the molecule is CN1CCN(S(=O)(=O)c2ccc(NCC3(Cc4ccccc4)CC3)nc2)CC1. The number of nitrogens with zero attached hydrogens (tertiary/aromatic N) is 3. The van der Waals surface area contributed by atoms with Gasteiger partial charge < -0.3 is 10.2 Å². The molecule has 4 rings (SSSR count). The van der Waals surface area contributed by atoms with Crippen molar-refractivity contribution in [1.82, 2.24) is 14.2 Å². The molecule has 0 radical (unpaired) electrons. The summed E-state index contributed by atoms with van der Waals surface area (Å²) in [6.45, 7) is 3.44. The lowest BCUT2D eigenvalue weighted by Crippen LogP contribution is -2.47. The fourth-order valence-electron chi connectivity index (χ4n) is 3.71. The molecule has 2 aliphatic rings. The first kappa shape index (κ1) is 19.4. The minimum atomic E-state index is -3.46. The summed E-state index contributed by atoms with van der Waals surface area (Å²) in [4.78, 5) is 6.78. The van der Waals surface area contributed by atoms with Crippen LogP contribution in [0.1, 0.15) is 18.4 Å². The van der Waals surface area contributed by atoms with Crippen molar-refractivity contribution in [3.63, 3.8) is 0 Å². The highest BCUT2D eigenvalue weighted by Crippen LogP contribution is 2.48. The van der Waals surface area contributed by atoms with Gasteiger partial charge in [0.1, 0.15) is 10.7 Å². The molecule has 0 atom stereocenters. The van der Waals surface area contributed by atoms with Gasteiger partial charge in [0.05, 0.1) is 0 Å². The third-order valence-electron chi connectivity index (χ3n) is 5.86. The average molecular weight is 401 g/mol.